The van der Waals surface area contributed by atoms with Gasteiger partial charge in [0, 0.05) is 67.0 Å². The Bertz CT molecular complexity index is 2160. The van der Waals surface area contributed by atoms with E-state index in [9.17, 15) is 14.4 Å². The molecule has 0 spiro atoms. The first-order chi connectivity index (χ1) is 26.1. The number of H-pyrrole nitrogens is 1. The molecule has 0 saturated carbocycles. The van der Waals surface area contributed by atoms with Crippen molar-refractivity contribution in [3.05, 3.63) is 106 Å². The van der Waals surface area contributed by atoms with Crippen molar-refractivity contribution in [2.75, 3.05) is 20.1 Å². The molecule has 282 valence electrons. The van der Waals surface area contributed by atoms with Crippen molar-refractivity contribution in [1.82, 2.24) is 35.8 Å². The molecule has 54 heavy (non-hydrogen) atoms. The number of halogens is 2. The van der Waals surface area contributed by atoms with Crippen LogP contribution in [0.25, 0.3) is 22.0 Å². The minimum Gasteiger partial charge on any atom is -0.358 e. The lowest BCUT2D eigenvalue weighted by Gasteiger charge is -2.31. The molecule has 0 saturated heterocycles. The van der Waals surface area contributed by atoms with Crippen molar-refractivity contribution in [2.45, 2.75) is 67.3 Å². The van der Waals surface area contributed by atoms with Gasteiger partial charge < -0.3 is 37.3 Å². The first kappa shape index (κ1) is 39.2. The normalized spacial score (nSPS) is 18.8. The van der Waals surface area contributed by atoms with Crippen molar-refractivity contribution in [3.63, 3.8) is 0 Å². The van der Waals surface area contributed by atoms with Crippen LogP contribution < -0.4 is 27.4 Å². The average molecular weight is 789 g/mol. The van der Waals surface area contributed by atoms with Crippen LogP contribution in [0.5, 0.6) is 0 Å². The van der Waals surface area contributed by atoms with Crippen LogP contribution >= 0.6 is 35.0 Å². The highest BCUT2D eigenvalue weighted by Crippen LogP contribution is 2.40. The van der Waals surface area contributed by atoms with Gasteiger partial charge in [0.2, 0.25) is 17.7 Å². The SMILES string of the molecule is Cc1[nH]c2ccccc2c1C[C@H]1C(=O)NCc2cc(-c3ccnc(Cl)c3)cc(Cl)c2Sc2ncccc2CN[C@@H](CCCN)C(=O)N[C@@H](CN)C(=O)N1C. The summed E-state index contributed by atoms with van der Waals surface area (Å²) in [5.41, 5.74) is 17.8. The molecule has 1 aliphatic heterocycles. The van der Waals surface area contributed by atoms with E-state index in [0.29, 0.717) is 46.0 Å². The molecule has 0 aliphatic carbocycles. The van der Waals surface area contributed by atoms with Crippen molar-refractivity contribution in [2.24, 2.45) is 11.5 Å². The molecule has 3 aromatic heterocycles. The second-order valence-electron chi connectivity index (χ2n) is 13.2. The topological polar surface area (TPSA) is 184 Å². The molecule has 2 aromatic carbocycles. The molecule has 12 nitrogen and oxygen atoms in total. The number of hydrogen-bond acceptors (Lipinski definition) is 9. The lowest BCUT2D eigenvalue weighted by molar-refractivity contribution is -0.141. The molecule has 0 fully saturated rings. The number of nitrogens with two attached hydrogens (primary N) is 2. The third kappa shape index (κ3) is 8.89. The van der Waals surface area contributed by atoms with Gasteiger partial charge in [-0.15, -0.1) is 0 Å². The molecular weight excluding hydrogens is 745 g/mol. The van der Waals surface area contributed by atoms with Gasteiger partial charge in [-0.2, -0.15) is 0 Å². The molecule has 4 heterocycles. The predicted octanol–water partition coefficient (Wildman–Crippen LogP) is 4.73. The Labute approximate surface area is 328 Å². The van der Waals surface area contributed by atoms with Crippen molar-refractivity contribution in [1.29, 1.82) is 0 Å². The number of rotatable bonds is 7. The second kappa shape index (κ2) is 17.8. The number of benzene rings is 2. The van der Waals surface area contributed by atoms with Crippen molar-refractivity contribution < 1.29 is 14.4 Å². The van der Waals surface area contributed by atoms with Crippen molar-refractivity contribution in [3.8, 4) is 11.1 Å². The molecule has 6 rings (SSSR count). The number of hydrogen-bond donors (Lipinski definition) is 6. The Hall–Kier alpha value is -4.50. The van der Waals surface area contributed by atoms with Crippen LogP contribution in [0.1, 0.15) is 35.2 Å². The zero-order valence-electron chi connectivity index (χ0n) is 30.0. The van der Waals surface area contributed by atoms with E-state index < -0.39 is 35.8 Å². The Morgan fingerprint density at radius 2 is 1.72 bits per heavy atom. The summed E-state index contributed by atoms with van der Waals surface area (Å²) in [6.07, 6.45) is 4.51. The van der Waals surface area contributed by atoms with Crippen LogP contribution in [0.2, 0.25) is 10.2 Å². The van der Waals surface area contributed by atoms with E-state index >= 15 is 0 Å². The minimum atomic E-state index is -1.08. The van der Waals surface area contributed by atoms with Crippen molar-refractivity contribution >= 4 is 63.6 Å². The molecule has 1 aliphatic rings. The Morgan fingerprint density at radius 3 is 2.50 bits per heavy atom. The zero-order valence-corrected chi connectivity index (χ0v) is 32.3. The standard InChI is InChI=1S/C39H43Cl2N9O3S/c1-22-28(27-8-3-4-9-30(27)48-22)18-33-37(52)47-21-26-15-25(23-11-14-44-34(41)17-23)16-29(40)35(26)54-38-24(7-6-13-45-38)20-46-31(10-5-12-42)36(51)49-32(19-43)39(53)50(33)2/h3-4,6-9,11,13-17,31-33,46,48H,5,10,12,18-21,42-43H2,1-2H3,(H,47,52)(H,49,51)/t31-,32-,33-/m0/s1. The maximum Gasteiger partial charge on any atom is 0.246 e. The summed E-state index contributed by atoms with van der Waals surface area (Å²) in [7, 11) is 1.57. The highest BCUT2D eigenvalue weighted by Gasteiger charge is 2.34. The van der Waals surface area contributed by atoms with Gasteiger partial charge in [-0.1, -0.05) is 59.2 Å². The Morgan fingerprint density at radius 1 is 0.907 bits per heavy atom. The highest BCUT2D eigenvalue weighted by molar-refractivity contribution is 7.99. The maximum absolute atomic E-state index is 14.5. The van der Waals surface area contributed by atoms with E-state index in [1.165, 1.54) is 16.7 Å². The monoisotopic (exact) mass is 787 g/mol. The molecule has 0 bridgehead atoms. The summed E-state index contributed by atoms with van der Waals surface area (Å²) in [6.45, 7) is 2.53. The number of pyridine rings is 2. The number of carbonyl (C=O) groups excluding carboxylic acids is 3. The average Bonchev–Trinajstić information content (AvgIpc) is 3.49. The van der Waals surface area contributed by atoms with Gasteiger partial charge in [-0.3, -0.25) is 14.4 Å². The molecule has 3 atom stereocenters. The summed E-state index contributed by atoms with van der Waals surface area (Å²) >= 11 is 14.7. The number of aryl methyl sites for hydroxylation is 1. The highest BCUT2D eigenvalue weighted by atomic mass is 35.5. The quantitative estimate of drug-likeness (QED) is 0.127. The lowest BCUT2D eigenvalue weighted by Crippen LogP contribution is -2.59. The zero-order chi connectivity index (χ0) is 38.4. The van der Waals surface area contributed by atoms with Crippen LogP contribution in [-0.4, -0.2) is 75.8 Å². The van der Waals surface area contributed by atoms with E-state index in [2.05, 4.69) is 30.9 Å². The van der Waals surface area contributed by atoms with Gasteiger partial charge >= 0.3 is 0 Å². The fourth-order valence-corrected chi connectivity index (χ4v) is 8.19. The molecule has 5 aromatic rings. The molecular formula is C39H43Cl2N9O3S. The number of aromatic amines is 1. The first-order valence-corrected chi connectivity index (χ1v) is 19.3. The second-order valence-corrected chi connectivity index (χ2v) is 15.0. The molecule has 0 radical (unpaired) electrons. The van der Waals surface area contributed by atoms with E-state index in [1.54, 1.807) is 25.5 Å². The molecule has 0 unspecified atom stereocenters. The largest absolute Gasteiger partial charge is 0.358 e. The third-order valence-corrected chi connectivity index (χ3v) is 11.5. The summed E-state index contributed by atoms with van der Waals surface area (Å²) in [5, 5.41) is 11.7. The summed E-state index contributed by atoms with van der Waals surface area (Å²) < 4.78 is 0. The number of para-hydroxylation sites is 1. The first-order valence-electron chi connectivity index (χ1n) is 17.7. The summed E-state index contributed by atoms with van der Waals surface area (Å²) in [4.78, 5) is 56.8. The predicted molar refractivity (Wildman–Crippen MR) is 213 cm³/mol. The number of nitrogens with zero attached hydrogens (tertiary/aromatic N) is 3. The van der Waals surface area contributed by atoms with E-state index in [4.69, 9.17) is 34.7 Å². The van der Waals surface area contributed by atoms with Crippen LogP contribution in [-0.2, 0) is 33.9 Å². The molecule has 8 N–H and O–H groups in total. The summed E-state index contributed by atoms with van der Waals surface area (Å²) in [6, 6.07) is 16.2. The van der Waals surface area contributed by atoms with Gasteiger partial charge in [-0.05, 0) is 90.5 Å². The minimum absolute atomic E-state index is 0.0809. The Kier molecular flexibility index (Phi) is 12.9. The van der Waals surface area contributed by atoms with Crippen LogP contribution in [0.15, 0.2) is 83.0 Å². The van der Waals surface area contributed by atoms with Gasteiger partial charge in [0.25, 0.3) is 0 Å². The summed E-state index contributed by atoms with van der Waals surface area (Å²) in [5.74, 6) is -1.28. The fraction of sp³-hybridized carbons (Fsp3) is 0.308. The number of likely N-dealkylation sites (N-methyl/N-ethyl adjacent to an activating group) is 1. The number of nitrogens with one attached hydrogen (secondary N) is 4. The van der Waals surface area contributed by atoms with E-state index in [0.717, 1.165) is 44.4 Å². The lowest BCUT2D eigenvalue weighted by atomic mass is 10.00. The third-order valence-electron chi connectivity index (χ3n) is 9.63. The van der Waals surface area contributed by atoms with Gasteiger partial charge in [-0.25, -0.2) is 9.97 Å². The van der Waals surface area contributed by atoms with Gasteiger partial charge in [0.1, 0.15) is 22.3 Å². The number of fused-ring (bicyclic) bond motifs is 3. The number of carbonyl (C=O) groups is 3. The maximum atomic E-state index is 14.5. The van der Waals surface area contributed by atoms with E-state index in [-0.39, 0.29) is 19.5 Å². The van der Waals surface area contributed by atoms with Gasteiger partial charge in [0.05, 0.1) is 11.1 Å². The molecule has 15 heteroatoms. The van der Waals surface area contributed by atoms with Crippen LogP contribution in [0.4, 0.5) is 0 Å². The fourth-order valence-electron chi connectivity index (χ4n) is 6.66. The number of aromatic nitrogens is 3. The van der Waals surface area contributed by atoms with Crippen LogP contribution in [0, 0.1) is 6.92 Å². The number of amides is 3. The van der Waals surface area contributed by atoms with Crippen LogP contribution in [0.3, 0.4) is 0 Å². The van der Waals surface area contributed by atoms with E-state index in [1.807, 2.05) is 61.5 Å². The smallest absolute Gasteiger partial charge is 0.246 e. The Balaban J connectivity index is 1.46. The van der Waals surface area contributed by atoms with Gasteiger partial charge in [0.15, 0.2) is 0 Å². The molecule has 3 amide bonds.